The lowest BCUT2D eigenvalue weighted by Crippen LogP contribution is -2.51. The van der Waals surface area contributed by atoms with Crippen molar-refractivity contribution in [2.45, 2.75) is 50.0 Å². The van der Waals surface area contributed by atoms with E-state index in [0.29, 0.717) is 11.5 Å². The number of benzene rings is 1. The van der Waals surface area contributed by atoms with Gasteiger partial charge in [0.2, 0.25) is 0 Å². The van der Waals surface area contributed by atoms with Crippen LogP contribution in [-0.2, 0) is 5.41 Å². The molecule has 1 aliphatic carbocycles. The molecular weight excluding hydrogens is 218 g/mol. The molecule has 1 nitrogen and oxygen atoms in total. The van der Waals surface area contributed by atoms with Gasteiger partial charge in [0.15, 0.2) is 0 Å². The van der Waals surface area contributed by atoms with Gasteiger partial charge < -0.3 is 5.32 Å². The quantitative estimate of drug-likeness (QED) is 0.594. The second-order valence-corrected chi connectivity index (χ2v) is 5.31. The minimum absolute atomic E-state index is 0.352. The lowest BCUT2D eigenvalue weighted by atomic mass is 9.59. The molecule has 1 unspecified atom stereocenters. The van der Waals surface area contributed by atoms with Crippen LogP contribution in [-0.4, -0.2) is 13.1 Å². The molecule has 1 fully saturated rings. The van der Waals surface area contributed by atoms with Gasteiger partial charge in [0, 0.05) is 17.9 Å². The van der Waals surface area contributed by atoms with E-state index in [1.807, 2.05) is 0 Å². The molecule has 0 bridgehead atoms. The summed E-state index contributed by atoms with van der Waals surface area (Å²) < 4.78 is 0. The molecule has 0 aromatic heterocycles. The van der Waals surface area contributed by atoms with Crippen LogP contribution in [0, 0.1) is 12.3 Å². The van der Waals surface area contributed by atoms with E-state index in [4.69, 9.17) is 6.42 Å². The maximum absolute atomic E-state index is 5.35. The van der Waals surface area contributed by atoms with Gasteiger partial charge in [-0.05, 0) is 38.3 Å². The number of terminal acetylenes is 1. The summed E-state index contributed by atoms with van der Waals surface area (Å²) in [5, 5.41) is 3.53. The third-order valence-electron chi connectivity index (χ3n) is 4.42. The number of rotatable bonds is 6. The maximum Gasteiger partial charge on any atom is 0.0161 e. The Morgan fingerprint density at radius 2 is 2.06 bits per heavy atom. The molecule has 2 rings (SSSR count). The highest BCUT2D eigenvalue weighted by molar-refractivity contribution is 5.30. The molecule has 1 heteroatoms. The number of unbranched alkanes of at least 4 members (excludes halogenated alkanes) is 1. The molecule has 0 spiro atoms. The SMILES string of the molecule is C#CCCCC(NC)C1(c2ccccc2)CCC1. The van der Waals surface area contributed by atoms with Crippen LogP contribution >= 0.6 is 0 Å². The second-order valence-electron chi connectivity index (χ2n) is 5.31. The molecule has 1 atom stereocenters. The van der Waals surface area contributed by atoms with Gasteiger partial charge >= 0.3 is 0 Å². The average Bonchev–Trinajstić information content (AvgIpc) is 2.37. The summed E-state index contributed by atoms with van der Waals surface area (Å²) in [6.45, 7) is 0. The molecule has 0 aliphatic heterocycles. The first kappa shape index (κ1) is 13.2. The Hall–Kier alpha value is -1.26. The van der Waals surface area contributed by atoms with Crippen LogP contribution in [0.3, 0.4) is 0 Å². The van der Waals surface area contributed by atoms with Crippen molar-refractivity contribution in [3.8, 4) is 12.3 Å². The van der Waals surface area contributed by atoms with Crippen molar-refractivity contribution in [1.82, 2.24) is 5.32 Å². The average molecular weight is 241 g/mol. The van der Waals surface area contributed by atoms with Crippen molar-refractivity contribution in [3.05, 3.63) is 35.9 Å². The normalized spacial score (nSPS) is 18.7. The lowest BCUT2D eigenvalue weighted by Gasteiger charge is -2.48. The topological polar surface area (TPSA) is 12.0 Å². The van der Waals surface area contributed by atoms with Crippen LogP contribution in [0.1, 0.15) is 44.1 Å². The molecule has 18 heavy (non-hydrogen) atoms. The summed E-state index contributed by atoms with van der Waals surface area (Å²) in [5.41, 5.74) is 1.85. The highest BCUT2D eigenvalue weighted by Gasteiger charge is 2.44. The molecule has 0 saturated heterocycles. The first-order chi connectivity index (χ1) is 8.83. The van der Waals surface area contributed by atoms with Gasteiger partial charge in [0.25, 0.3) is 0 Å². The van der Waals surface area contributed by atoms with E-state index in [9.17, 15) is 0 Å². The summed E-state index contributed by atoms with van der Waals surface area (Å²) in [6, 6.07) is 11.5. The molecule has 1 N–H and O–H groups in total. The fourth-order valence-corrected chi connectivity index (χ4v) is 3.27. The Morgan fingerprint density at radius 3 is 2.56 bits per heavy atom. The third kappa shape index (κ3) is 2.44. The van der Waals surface area contributed by atoms with Crippen molar-refractivity contribution < 1.29 is 0 Å². The van der Waals surface area contributed by atoms with Crippen LogP contribution in [0.2, 0.25) is 0 Å². The van der Waals surface area contributed by atoms with Gasteiger partial charge in [-0.2, -0.15) is 0 Å². The number of hydrogen-bond acceptors (Lipinski definition) is 1. The zero-order valence-corrected chi connectivity index (χ0v) is 11.3. The van der Waals surface area contributed by atoms with Crippen molar-refractivity contribution >= 4 is 0 Å². The first-order valence-electron chi connectivity index (χ1n) is 7.00. The predicted octanol–water partition coefficient (Wildman–Crippen LogP) is 3.50. The van der Waals surface area contributed by atoms with Gasteiger partial charge in [-0.3, -0.25) is 0 Å². The minimum Gasteiger partial charge on any atom is -0.316 e. The zero-order chi connectivity index (χ0) is 12.8. The first-order valence-corrected chi connectivity index (χ1v) is 7.00. The standard InChI is InChI=1S/C17H23N/c1-3-4-6-12-16(18-2)17(13-9-14-17)15-10-7-5-8-11-15/h1,5,7-8,10-11,16,18H,4,6,9,12-14H2,2H3. The molecule has 0 heterocycles. The molecule has 1 aromatic rings. The van der Waals surface area contributed by atoms with Crippen molar-refractivity contribution in [2.75, 3.05) is 7.05 Å². The molecule has 1 aromatic carbocycles. The van der Waals surface area contributed by atoms with E-state index in [2.05, 4.69) is 48.6 Å². The predicted molar refractivity (Wildman–Crippen MR) is 77.5 cm³/mol. The van der Waals surface area contributed by atoms with Gasteiger partial charge in [-0.1, -0.05) is 36.8 Å². The number of likely N-dealkylation sites (N-methyl/N-ethyl adjacent to an activating group) is 1. The largest absolute Gasteiger partial charge is 0.316 e. The van der Waals surface area contributed by atoms with E-state index in [0.717, 1.165) is 12.8 Å². The third-order valence-corrected chi connectivity index (χ3v) is 4.42. The highest BCUT2D eigenvalue weighted by atomic mass is 14.9. The monoisotopic (exact) mass is 241 g/mol. The van der Waals surface area contributed by atoms with Crippen molar-refractivity contribution in [2.24, 2.45) is 0 Å². The van der Waals surface area contributed by atoms with Crippen LogP contribution in [0.15, 0.2) is 30.3 Å². The smallest absolute Gasteiger partial charge is 0.0161 e. The van der Waals surface area contributed by atoms with Gasteiger partial charge in [-0.15, -0.1) is 12.3 Å². The van der Waals surface area contributed by atoms with Crippen LogP contribution in [0.25, 0.3) is 0 Å². The fourth-order valence-electron chi connectivity index (χ4n) is 3.27. The van der Waals surface area contributed by atoms with E-state index in [-0.39, 0.29) is 0 Å². The number of nitrogens with one attached hydrogen (secondary N) is 1. The minimum atomic E-state index is 0.352. The van der Waals surface area contributed by atoms with Crippen LogP contribution in [0.5, 0.6) is 0 Å². The Bertz CT molecular complexity index is 397. The Labute approximate surface area is 111 Å². The summed E-state index contributed by atoms with van der Waals surface area (Å²) in [7, 11) is 2.09. The maximum atomic E-state index is 5.35. The molecular formula is C17H23N. The van der Waals surface area contributed by atoms with Gasteiger partial charge in [0.05, 0.1) is 0 Å². The van der Waals surface area contributed by atoms with E-state index in [1.165, 1.54) is 31.2 Å². The Kier molecular flexibility index (Phi) is 4.44. The van der Waals surface area contributed by atoms with Gasteiger partial charge in [-0.25, -0.2) is 0 Å². The van der Waals surface area contributed by atoms with Crippen LogP contribution in [0.4, 0.5) is 0 Å². The summed E-state index contributed by atoms with van der Waals surface area (Å²) in [4.78, 5) is 0. The van der Waals surface area contributed by atoms with E-state index in [1.54, 1.807) is 0 Å². The molecule has 96 valence electrons. The van der Waals surface area contributed by atoms with Crippen molar-refractivity contribution in [1.29, 1.82) is 0 Å². The van der Waals surface area contributed by atoms with E-state index >= 15 is 0 Å². The highest BCUT2D eigenvalue weighted by Crippen LogP contribution is 2.47. The lowest BCUT2D eigenvalue weighted by molar-refractivity contribution is 0.166. The molecule has 1 aliphatic rings. The fraction of sp³-hybridized carbons (Fsp3) is 0.529. The molecule has 1 saturated carbocycles. The van der Waals surface area contributed by atoms with Crippen LogP contribution < -0.4 is 5.32 Å². The number of hydrogen-bond donors (Lipinski definition) is 1. The summed E-state index contributed by atoms with van der Waals surface area (Å²) >= 11 is 0. The zero-order valence-electron chi connectivity index (χ0n) is 11.3. The van der Waals surface area contributed by atoms with Crippen molar-refractivity contribution in [3.63, 3.8) is 0 Å². The summed E-state index contributed by atoms with van der Waals surface area (Å²) in [6.07, 6.45) is 12.5. The summed E-state index contributed by atoms with van der Waals surface area (Å²) in [5.74, 6) is 2.75. The molecule has 0 radical (unpaired) electrons. The van der Waals surface area contributed by atoms with Gasteiger partial charge in [0.1, 0.15) is 0 Å². The van der Waals surface area contributed by atoms with E-state index < -0.39 is 0 Å². The Balaban J connectivity index is 2.13. The Morgan fingerprint density at radius 1 is 1.33 bits per heavy atom. The molecule has 0 amide bonds. The second kappa shape index (κ2) is 6.07.